The van der Waals surface area contributed by atoms with Gasteiger partial charge in [-0.3, -0.25) is 4.72 Å². The van der Waals surface area contributed by atoms with Crippen LogP contribution >= 0.6 is 11.3 Å². The summed E-state index contributed by atoms with van der Waals surface area (Å²) >= 11 is 1.33. The molecule has 0 aliphatic carbocycles. The number of carboxylic acid groups (broad SMARTS) is 1. The Hall–Kier alpha value is -4.17. The monoisotopic (exact) mass is 619 g/mol. The quantitative estimate of drug-likeness (QED) is 0.169. The molecule has 0 bridgehead atoms. The molecule has 222 valence electrons. The molecule has 0 unspecified atom stereocenters. The molecule has 0 aliphatic heterocycles. The Balaban J connectivity index is 1.75. The van der Waals surface area contributed by atoms with Crippen LogP contribution in [0.1, 0.15) is 32.7 Å². The van der Waals surface area contributed by atoms with Crippen LogP contribution in [0.5, 0.6) is 0 Å². The minimum absolute atomic E-state index is 0.0118. The summed E-state index contributed by atoms with van der Waals surface area (Å²) in [6, 6.07) is 9.04. The van der Waals surface area contributed by atoms with Crippen molar-refractivity contribution in [2.45, 2.75) is 44.0 Å². The first-order valence-electron chi connectivity index (χ1n) is 12.6. The number of nitrogens with one attached hydrogen (secondary N) is 3. The zero-order valence-electron chi connectivity index (χ0n) is 23.0. The number of anilines is 2. The molecule has 9 nitrogen and oxygen atoms in total. The first kappa shape index (κ1) is 30.8. The Bertz CT molecular complexity index is 1740. The predicted molar refractivity (Wildman–Crippen MR) is 156 cm³/mol. The molecule has 4 rings (SSSR count). The average molecular weight is 620 g/mol. The van der Waals surface area contributed by atoms with Crippen LogP contribution in [0.15, 0.2) is 59.6 Å². The number of hydrogen-bond acceptors (Lipinski definition) is 7. The second-order valence-corrected chi connectivity index (χ2v) is 13.1. The van der Waals surface area contributed by atoms with E-state index >= 15 is 4.39 Å². The molecule has 4 N–H and O–H groups in total. The molecule has 0 saturated heterocycles. The van der Waals surface area contributed by atoms with Crippen molar-refractivity contribution in [3.05, 3.63) is 77.2 Å². The number of hydrogen-bond donors (Lipinski definition) is 4. The van der Waals surface area contributed by atoms with Crippen LogP contribution in [-0.4, -0.2) is 42.2 Å². The SMILES string of the molecule is C[C@@H](CNc1cc(-c2sc(C(C)(C)C)nc2-c2cccc(NS(=O)(=O)c3cc(F)ccc3F)c2F)ccn1)NC(=O)O. The minimum Gasteiger partial charge on any atom is -0.465 e. The van der Waals surface area contributed by atoms with Gasteiger partial charge in [0, 0.05) is 29.8 Å². The van der Waals surface area contributed by atoms with Crippen molar-refractivity contribution in [2.75, 3.05) is 16.6 Å². The van der Waals surface area contributed by atoms with Crippen LogP contribution in [0, 0.1) is 17.5 Å². The van der Waals surface area contributed by atoms with E-state index in [0.29, 0.717) is 33.4 Å². The van der Waals surface area contributed by atoms with Gasteiger partial charge in [0.05, 0.1) is 21.3 Å². The fraction of sp³-hybridized carbons (Fsp3) is 0.250. The van der Waals surface area contributed by atoms with Gasteiger partial charge in [-0.25, -0.2) is 36.4 Å². The van der Waals surface area contributed by atoms with E-state index in [4.69, 9.17) is 10.1 Å². The fourth-order valence-electron chi connectivity index (χ4n) is 3.88. The normalized spacial score (nSPS) is 12.5. The highest BCUT2D eigenvalue weighted by Gasteiger charge is 2.27. The topological polar surface area (TPSA) is 133 Å². The lowest BCUT2D eigenvalue weighted by Crippen LogP contribution is -2.36. The van der Waals surface area contributed by atoms with Crippen LogP contribution in [-0.2, 0) is 15.4 Å². The Morgan fingerprint density at radius 3 is 2.52 bits per heavy atom. The minimum atomic E-state index is -4.68. The summed E-state index contributed by atoms with van der Waals surface area (Å²) in [5.74, 6) is -2.66. The van der Waals surface area contributed by atoms with Crippen LogP contribution in [0.2, 0.25) is 0 Å². The average Bonchev–Trinajstić information content (AvgIpc) is 3.36. The molecule has 2 heterocycles. The first-order valence-corrected chi connectivity index (χ1v) is 14.9. The predicted octanol–water partition coefficient (Wildman–Crippen LogP) is 6.46. The maximum atomic E-state index is 16.0. The second-order valence-electron chi connectivity index (χ2n) is 10.5. The molecule has 2 aromatic heterocycles. The number of amides is 1. The van der Waals surface area contributed by atoms with Gasteiger partial charge < -0.3 is 15.7 Å². The number of benzene rings is 2. The summed E-state index contributed by atoms with van der Waals surface area (Å²) in [5, 5.41) is 15.0. The summed E-state index contributed by atoms with van der Waals surface area (Å²) in [4.78, 5) is 19.5. The highest BCUT2D eigenvalue weighted by atomic mass is 32.2. The molecule has 0 saturated carbocycles. The van der Waals surface area contributed by atoms with E-state index in [2.05, 4.69) is 15.6 Å². The zero-order chi connectivity index (χ0) is 30.8. The van der Waals surface area contributed by atoms with E-state index in [-0.39, 0.29) is 17.8 Å². The van der Waals surface area contributed by atoms with E-state index in [9.17, 15) is 22.0 Å². The molecule has 0 fully saturated rings. The molecular weight excluding hydrogens is 591 g/mol. The van der Waals surface area contributed by atoms with Gasteiger partial charge in [-0.15, -0.1) is 11.3 Å². The van der Waals surface area contributed by atoms with Crippen LogP contribution in [0.4, 0.5) is 29.5 Å². The highest BCUT2D eigenvalue weighted by Crippen LogP contribution is 2.42. The smallest absolute Gasteiger partial charge is 0.404 e. The van der Waals surface area contributed by atoms with Gasteiger partial charge in [0.25, 0.3) is 10.0 Å². The van der Waals surface area contributed by atoms with Crippen molar-refractivity contribution < 1.29 is 31.5 Å². The third kappa shape index (κ3) is 6.99. The number of halogens is 3. The van der Waals surface area contributed by atoms with Gasteiger partial charge in [0.1, 0.15) is 22.3 Å². The van der Waals surface area contributed by atoms with E-state index in [0.717, 1.165) is 6.07 Å². The number of nitrogens with zero attached hydrogens (tertiary/aromatic N) is 2. The molecular formula is C28H28F3N5O4S2. The van der Waals surface area contributed by atoms with Crippen molar-refractivity contribution in [3.8, 4) is 21.7 Å². The molecule has 0 spiro atoms. The lowest BCUT2D eigenvalue weighted by molar-refractivity contribution is 0.191. The fourth-order valence-corrected chi connectivity index (χ4v) is 6.17. The summed E-state index contributed by atoms with van der Waals surface area (Å²) in [5.41, 5.74) is 0.000564. The van der Waals surface area contributed by atoms with Gasteiger partial charge in [0.15, 0.2) is 5.82 Å². The third-order valence-electron chi connectivity index (χ3n) is 5.93. The van der Waals surface area contributed by atoms with E-state index < -0.39 is 55.6 Å². The van der Waals surface area contributed by atoms with Crippen molar-refractivity contribution >= 4 is 39.0 Å². The maximum Gasteiger partial charge on any atom is 0.404 e. The largest absolute Gasteiger partial charge is 0.465 e. The van der Waals surface area contributed by atoms with Crippen LogP contribution in [0.3, 0.4) is 0 Å². The van der Waals surface area contributed by atoms with E-state index in [1.807, 2.05) is 25.5 Å². The molecule has 0 aliphatic rings. The maximum absolute atomic E-state index is 16.0. The van der Waals surface area contributed by atoms with Crippen molar-refractivity contribution in [2.24, 2.45) is 0 Å². The van der Waals surface area contributed by atoms with Gasteiger partial charge in [-0.1, -0.05) is 26.8 Å². The van der Waals surface area contributed by atoms with Crippen molar-refractivity contribution in [3.63, 3.8) is 0 Å². The standard InChI is InChI=1S/C28H28F3N5O4S2/c1-15(34-27(37)38)14-33-22-12-16(10-11-32-22)25-24(35-26(41-25)28(2,3)4)18-6-5-7-20(23(18)31)36-42(39,40)21-13-17(29)8-9-19(21)30/h5-13,15,34,36H,14H2,1-4H3,(H,32,33)(H,37,38)/t15-/m0/s1. The Kier molecular flexibility index (Phi) is 8.78. The zero-order valence-corrected chi connectivity index (χ0v) is 24.6. The first-order chi connectivity index (χ1) is 19.7. The molecule has 0 radical (unpaired) electrons. The van der Waals surface area contributed by atoms with E-state index in [1.165, 1.54) is 29.5 Å². The number of sulfonamides is 1. The molecule has 4 aromatic rings. The summed E-state index contributed by atoms with van der Waals surface area (Å²) in [6.07, 6.45) is 0.393. The molecule has 1 atom stereocenters. The summed E-state index contributed by atoms with van der Waals surface area (Å²) < 4.78 is 71.6. The van der Waals surface area contributed by atoms with Crippen LogP contribution in [0.25, 0.3) is 21.7 Å². The van der Waals surface area contributed by atoms with Crippen LogP contribution < -0.4 is 15.4 Å². The third-order valence-corrected chi connectivity index (χ3v) is 8.84. The summed E-state index contributed by atoms with van der Waals surface area (Å²) in [7, 11) is -4.68. The lowest BCUT2D eigenvalue weighted by Gasteiger charge is -2.14. The van der Waals surface area contributed by atoms with Gasteiger partial charge in [-0.2, -0.15) is 0 Å². The molecule has 14 heteroatoms. The van der Waals surface area contributed by atoms with Gasteiger partial charge in [0.2, 0.25) is 0 Å². The number of rotatable bonds is 9. The van der Waals surface area contributed by atoms with Gasteiger partial charge in [-0.05, 0) is 55.0 Å². The van der Waals surface area contributed by atoms with Crippen molar-refractivity contribution in [1.29, 1.82) is 0 Å². The highest BCUT2D eigenvalue weighted by molar-refractivity contribution is 7.92. The molecule has 2 aromatic carbocycles. The van der Waals surface area contributed by atoms with Gasteiger partial charge >= 0.3 is 6.09 Å². The summed E-state index contributed by atoms with van der Waals surface area (Å²) in [6.45, 7) is 7.79. The number of carbonyl (C=O) groups is 1. The second kappa shape index (κ2) is 12.0. The van der Waals surface area contributed by atoms with E-state index in [1.54, 1.807) is 25.3 Å². The number of aromatic nitrogens is 2. The Morgan fingerprint density at radius 2 is 1.83 bits per heavy atom. The Morgan fingerprint density at radius 1 is 1.10 bits per heavy atom. The number of pyridine rings is 1. The molecule has 1 amide bonds. The molecule has 42 heavy (non-hydrogen) atoms. The number of thiazole rings is 1. The Labute approximate surface area is 244 Å². The lowest BCUT2D eigenvalue weighted by atomic mass is 9.98. The van der Waals surface area contributed by atoms with Crippen molar-refractivity contribution in [1.82, 2.24) is 15.3 Å².